The van der Waals surface area contributed by atoms with Gasteiger partial charge in [-0.3, -0.25) is 4.79 Å². The molecule has 1 aromatic heterocycles. The average Bonchev–Trinajstić information content (AvgIpc) is 2.81. The first-order valence-electron chi connectivity index (χ1n) is 3.63. The number of nitrogens with one attached hydrogen (secondary N) is 1. The quantitative estimate of drug-likeness (QED) is 0.775. The first-order valence-corrected chi connectivity index (χ1v) is 4.81. The molecular formula is C7H6BrClN2O. The maximum atomic E-state index is 11.2. The molecule has 0 atom stereocenters. The number of halogens is 2. The van der Waals surface area contributed by atoms with E-state index in [0.29, 0.717) is 16.2 Å². The lowest BCUT2D eigenvalue weighted by Gasteiger charge is -1.98. The van der Waals surface area contributed by atoms with E-state index in [1.807, 2.05) is 0 Å². The molecule has 0 aliphatic heterocycles. The van der Waals surface area contributed by atoms with Gasteiger partial charge in [-0.2, -0.15) is 0 Å². The van der Waals surface area contributed by atoms with Crippen molar-refractivity contribution >= 4 is 27.5 Å². The number of hydrogen-bond acceptors (Lipinski definition) is 2. The Labute approximate surface area is 82.3 Å². The van der Waals surface area contributed by atoms with E-state index in [4.69, 9.17) is 11.6 Å². The van der Waals surface area contributed by atoms with Gasteiger partial charge in [-0.1, -0.05) is 11.6 Å². The summed E-state index contributed by atoms with van der Waals surface area (Å²) in [5, 5.41) is 0.251. The number of H-pyrrole nitrogens is 1. The summed E-state index contributed by atoms with van der Waals surface area (Å²) in [5.41, 5.74) is -0.197. The smallest absolute Gasteiger partial charge is 0.266 e. The zero-order chi connectivity index (χ0) is 8.72. The SMILES string of the molecule is O=c1[nH]c(C2CC2)nc(Cl)c1Br. The predicted octanol–water partition coefficient (Wildman–Crippen LogP) is 2.06. The van der Waals surface area contributed by atoms with Gasteiger partial charge in [-0.05, 0) is 28.8 Å². The van der Waals surface area contributed by atoms with Gasteiger partial charge in [0.05, 0.1) is 0 Å². The Hall–Kier alpha value is -0.350. The van der Waals surface area contributed by atoms with Crippen LogP contribution in [0.5, 0.6) is 0 Å². The topological polar surface area (TPSA) is 45.8 Å². The summed E-state index contributed by atoms with van der Waals surface area (Å²) >= 11 is 8.76. The van der Waals surface area contributed by atoms with E-state index < -0.39 is 0 Å². The van der Waals surface area contributed by atoms with Gasteiger partial charge in [0, 0.05) is 5.92 Å². The van der Waals surface area contributed by atoms with Gasteiger partial charge in [0.2, 0.25) is 0 Å². The van der Waals surface area contributed by atoms with Gasteiger partial charge in [0.15, 0.2) is 5.15 Å². The van der Waals surface area contributed by atoms with Crippen LogP contribution in [-0.2, 0) is 0 Å². The molecule has 0 bridgehead atoms. The van der Waals surface area contributed by atoms with E-state index >= 15 is 0 Å². The summed E-state index contributed by atoms with van der Waals surface area (Å²) in [6.07, 6.45) is 2.20. The number of hydrogen-bond donors (Lipinski definition) is 1. The summed E-state index contributed by atoms with van der Waals surface area (Å²) in [4.78, 5) is 17.9. The van der Waals surface area contributed by atoms with E-state index in [2.05, 4.69) is 25.9 Å². The van der Waals surface area contributed by atoms with Gasteiger partial charge in [0.1, 0.15) is 10.3 Å². The van der Waals surface area contributed by atoms with Crippen LogP contribution in [-0.4, -0.2) is 9.97 Å². The fourth-order valence-corrected chi connectivity index (χ4v) is 1.36. The third kappa shape index (κ3) is 1.41. The highest BCUT2D eigenvalue weighted by Crippen LogP contribution is 2.38. The first kappa shape index (κ1) is 8.26. The van der Waals surface area contributed by atoms with Crippen molar-refractivity contribution in [2.75, 3.05) is 0 Å². The predicted molar refractivity (Wildman–Crippen MR) is 49.5 cm³/mol. The van der Waals surface area contributed by atoms with E-state index in [1.165, 1.54) is 0 Å². The van der Waals surface area contributed by atoms with Gasteiger partial charge < -0.3 is 4.98 Å². The van der Waals surface area contributed by atoms with E-state index in [1.54, 1.807) is 0 Å². The van der Waals surface area contributed by atoms with Crippen molar-refractivity contribution in [3.8, 4) is 0 Å². The van der Waals surface area contributed by atoms with Crippen LogP contribution >= 0.6 is 27.5 Å². The van der Waals surface area contributed by atoms with Crippen LogP contribution in [0.25, 0.3) is 0 Å². The highest BCUT2D eigenvalue weighted by atomic mass is 79.9. The second-order valence-corrected chi connectivity index (χ2v) is 3.98. The van der Waals surface area contributed by atoms with Crippen LogP contribution in [0.3, 0.4) is 0 Å². The highest BCUT2D eigenvalue weighted by molar-refractivity contribution is 9.10. The standard InChI is InChI=1S/C7H6BrClN2O/c8-4-5(9)10-6(3-1-2-3)11-7(4)12/h3H,1-2H2,(H,10,11,12). The molecule has 12 heavy (non-hydrogen) atoms. The molecule has 2 rings (SSSR count). The molecule has 1 aromatic rings. The van der Waals surface area contributed by atoms with Crippen LogP contribution in [0.2, 0.25) is 5.15 Å². The molecule has 1 heterocycles. The second kappa shape index (κ2) is 2.85. The molecule has 3 nitrogen and oxygen atoms in total. The third-order valence-corrected chi connectivity index (χ3v) is 3.04. The Morgan fingerprint density at radius 3 is 2.75 bits per heavy atom. The van der Waals surface area contributed by atoms with Gasteiger partial charge in [-0.25, -0.2) is 4.98 Å². The van der Waals surface area contributed by atoms with Crippen molar-refractivity contribution in [3.63, 3.8) is 0 Å². The maximum absolute atomic E-state index is 11.2. The van der Waals surface area contributed by atoms with Crippen LogP contribution in [0, 0.1) is 0 Å². The summed E-state index contributed by atoms with van der Waals surface area (Å²) < 4.78 is 0.313. The molecule has 0 amide bonds. The molecule has 0 radical (unpaired) electrons. The van der Waals surface area contributed by atoms with Crippen LogP contribution < -0.4 is 5.56 Å². The van der Waals surface area contributed by atoms with Crippen LogP contribution in [0.1, 0.15) is 24.6 Å². The van der Waals surface area contributed by atoms with Gasteiger partial charge in [-0.15, -0.1) is 0 Å². The minimum absolute atomic E-state index is 0.197. The largest absolute Gasteiger partial charge is 0.309 e. The lowest BCUT2D eigenvalue weighted by atomic mass is 10.4. The van der Waals surface area contributed by atoms with E-state index in [9.17, 15) is 4.79 Å². The maximum Gasteiger partial charge on any atom is 0.266 e. The van der Waals surface area contributed by atoms with Crippen molar-refractivity contribution in [1.82, 2.24) is 9.97 Å². The third-order valence-electron chi connectivity index (χ3n) is 1.80. The Morgan fingerprint density at radius 1 is 1.58 bits per heavy atom. The Morgan fingerprint density at radius 2 is 2.25 bits per heavy atom. The summed E-state index contributed by atoms with van der Waals surface area (Å²) in [7, 11) is 0. The monoisotopic (exact) mass is 248 g/mol. The summed E-state index contributed by atoms with van der Waals surface area (Å²) in [6, 6.07) is 0. The van der Waals surface area contributed by atoms with E-state index in [-0.39, 0.29) is 10.7 Å². The average molecular weight is 249 g/mol. The molecule has 5 heteroatoms. The molecule has 0 unspecified atom stereocenters. The molecule has 0 saturated heterocycles. The normalized spacial score (nSPS) is 16.5. The Bertz CT molecular complexity index is 372. The molecule has 64 valence electrons. The zero-order valence-electron chi connectivity index (χ0n) is 6.10. The number of rotatable bonds is 1. The van der Waals surface area contributed by atoms with Crippen LogP contribution in [0.4, 0.5) is 0 Å². The Kier molecular flexibility index (Phi) is 1.96. The minimum Gasteiger partial charge on any atom is -0.309 e. The van der Waals surface area contributed by atoms with Gasteiger partial charge >= 0.3 is 0 Å². The molecule has 1 aliphatic rings. The summed E-state index contributed by atoms with van der Waals surface area (Å²) in [5.74, 6) is 1.14. The molecule has 0 spiro atoms. The van der Waals surface area contributed by atoms with E-state index in [0.717, 1.165) is 12.8 Å². The number of aromatic nitrogens is 2. The van der Waals surface area contributed by atoms with Crippen molar-refractivity contribution in [2.45, 2.75) is 18.8 Å². The lowest BCUT2D eigenvalue weighted by Crippen LogP contribution is -2.11. The van der Waals surface area contributed by atoms with Crippen LogP contribution in [0.15, 0.2) is 9.27 Å². The first-order chi connectivity index (χ1) is 5.68. The van der Waals surface area contributed by atoms with Crippen molar-refractivity contribution in [1.29, 1.82) is 0 Å². The molecule has 0 aromatic carbocycles. The zero-order valence-corrected chi connectivity index (χ0v) is 8.44. The van der Waals surface area contributed by atoms with Crippen molar-refractivity contribution in [2.24, 2.45) is 0 Å². The minimum atomic E-state index is -0.197. The van der Waals surface area contributed by atoms with Crippen molar-refractivity contribution < 1.29 is 0 Å². The molecule has 1 saturated carbocycles. The summed E-state index contributed by atoms with van der Waals surface area (Å²) in [6.45, 7) is 0. The molecule has 1 N–H and O–H groups in total. The van der Waals surface area contributed by atoms with Crippen molar-refractivity contribution in [3.05, 3.63) is 25.8 Å². The number of aromatic amines is 1. The Balaban J connectivity index is 2.53. The molecule has 1 fully saturated rings. The highest BCUT2D eigenvalue weighted by Gasteiger charge is 2.26. The lowest BCUT2D eigenvalue weighted by molar-refractivity contribution is 0.902. The molecular weight excluding hydrogens is 243 g/mol. The fraction of sp³-hybridized carbons (Fsp3) is 0.429. The molecule has 1 aliphatic carbocycles. The fourth-order valence-electron chi connectivity index (χ4n) is 0.998. The number of nitrogens with zero attached hydrogens (tertiary/aromatic N) is 1. The second-order valence-electron chi connectivity index (χ2n) is 2.83. The van der Waals surface area contributed by atoms with Gasteiger partial charge in [0.25, 0.3) is 5.56 Å².